The van der Waals surface area contributed by atoms with Crippen LogP contribution in [-0.2, 0) is 4.79 Å². The van der Waals surface area contributed by atoms with Crippen LogP contribution in [0.4, 0.5) is 0 Å². The molecule has 0 aromatic carbocycles. The van der Waals surface area contributed by atoms with Crippen LogP contribution in [-0.4, -0.2) is 43.8 Å². The number of carboxylic acids is 1. The second kappa shape index (κ2) is 15.2. The van der Waals surface area contributed by atoms with Crippen LogP contribution >= 0.6 is 23.5 Å². The van der Waals surface area contributed by atoms with Gasteiger partial charge in [0, 0.05) is 27.6 Å². The summed E-state index contributed by atoms with van der Waals surface area (Å²) in [6.07, 6.45) is 23.0. The molecule has 2 rings (SSSR count). The van der Waals surface area contributed by atoms with E-state index in [2.05, 4.69) is 49.5 Å². The molecule has 0 aromatic heterocycles. The Morgan fingerprint density at radius 2 is 1.35 bits per heavy atom. The molecule has 2 aliphatic heterocycles. The van der Waals surface area contributed by atoms with Crippen molar-refractivity contribution in [3.05, 3.63) is 12.2 Å². The van der Waals surface area contributed by atoms with Crippen LogP contribution in [0, 0.1) is 10.8 Å². The third-order valence-electron chi connectivity index (χ3n) is 8.16. The average Bonchev–Trinajstić information content (AvgIpc) is 2.83. The lowest BCUT2D eigenvalue weighted by Gasteiger charge is -2.30. The molecule has 0 aromatic rings. The molecule has 0 bridgehead atoms. The Hall–Kier alpha value is -0.130. The standard InChI is InChI=1S/C29H52O3S2/c1-5-29(4,27(31)32)21-9-7-13-24-15-11-17-26(34-24)19-18-25-16-10-14-23(33-25)12-6-8-20-28(2,3)22-30/h18-19,23-26,30H,5-17,20-22H2,1-4H3,(H,31,32)/b19-18-. The van der Waals surface area contributed by atoms with E-state index in [1.807, 2.05) is 13.8 Å². The number of carboxylic acid groups (broad SMARTS) is 1. The molecule has 5 atom stereocenters. The first-order chi connectivity index (χ1) is 16.2. The first kappa shape index (κ1) is 30.1. The molecule has 198 valence electrons. The number of rotatable bonds is 15. The number of hydrogen-bond acceptors (Lipinski definition) is 4. The monoisotopic (exact) mass is 512 g/mol. The summed E-state index contributed by atoms with van der Waals surface area (Å²) in [6.45, 7) is 8.52. The van der Waals surface area contributed by atoms with E-state index in [9.17, 15) is 15.0 Å². The number of aliphatic hydroxyl groups excluding tert-OH is 1. The number of carbonyl (C=O) groups is 1. The van der Waals surface area contributed by atoms with Gasteiger partial charge in [-0.2, -0.15) is 23.5 Å². The highest BCUT2D eigenvalue weighted by Crippen LogP contribution is 2.39. The third-order valence-corrected chi connectivity index (χ3v) is 11.4. The van der Waals surface area contributed by atoms with E-state index in [4.69, 9.17) is 0 Å². The average molecular weight is 513 g/mol. The molecular formula is C29H52O3S2. The van der Waals surface area contributed by atoms with Gasteiger partial charge in [0.15, 0.2) is 0 Å². The normalized spacial score (nSPS) is 28.1. The van der Waals surface area contributed by atoms with Gasteiger partial charge in [-0.25, -0.2) is 0 Å². The summed E-state index contributed by atoms with van der Waals surface area (Å²) in [5, 5.41) is 21.8. The minimum atomic E-state index is -0.638. The quantitative estimate of drug-likeness (QED) is 0.170. The van der Waals surface area contributed by atoms with Gasteiger partial charge in [-0.1, -0.05) is 71.4 Å². The van der Waals surface area contributed by atoms with E-state index < -0.39 is 11.4 Å². The van der Waals surface area contributed by atoms with Gasteiger partial charge in [-0.15, -0.1) is 0 Å². The molecule has 0 saturated carbocycles. The number of aliphatic hydroxyl groups is 1. The topological polar surface area (TPSA) is 57.5 Å². The number of thioether (sulfide) groups is 2. The molecule has 0 radical (unpaired) electrons. The van der Waals surface area contributed by atoms with Crippen LogP contribution in [0.25, 0.3) is 0 Å². The van der Waals surface area contributed by atoms with Gasteiger partial charge in [-0.3, -0.25) is 4.79 Å². The van der Waals surface area contributed by atoms with Crippen LogP contribution in [0.3, 0.4) is 0 Å². The molecule has 5 heteroatoms. The lowest BCUT2D eigenvalue weighted by molar-refractivity contribution is -0.148. The third kappa shape index (κ3) is 10.9. The van der Waals surface area contributed by atoms with E-state index in [1.165, 1.54) is 64.2 Å². The van der Waals surface area contributed by atoms with Crippen molar-refractivity contribution in [3.63, 3.8) is 0 Å². The smallest absolute Gasteiger partial charge is 0.309 e. The van der Waals surface area contributed by atoms with Crippen LogP contribution < -0.4 is 0 Å². The summed E-state index contributed by atoms with van der Waals surface area (Å²) in [5.74, 6) is -0.638. The fourth-order valence-corrected chi connectivity index (χ4v) is 8.36. The molecule has 0 aliphatic carbocycles. The Morgan fingerprint density at radius 3 is 1.79 bits per heavy atom. The molecule has 3 nitrogen and oxygen atoms in total. The molecule has 2 fully saturated rings. The highest BCUT2D eigenvalue weighted by Gasteiger charge is 2.30. The highest BCUT2D eigenvalue weighted by atomic mass is 32.2. The van der Waals surface area contributed by atoms with E-state index >= 15 is 0 Å². The SMILES string of the molecule is CCC(C)(CCCCC1CCCC(/C=C\C2CCCC(CCCCC(C)(C)CO)S2)S1)C(=O)O. The minimum absolute atomic E-state index is 0.0784. The number of hydrogen-bond donors (Lipinski definition) is 2. The first-order valence-electron chi connectivity index (χ1n) is 14.0. The second-order valence-electron chi connectivity index (χ2n) is 11.9. The first-order valence-corrected chi connectivity index (χ1v) is 15.9. The van der Waals surface area contributed by atoms with Crippen molar-refractivity contribution in [2.75, 3.05) is 6.61 Å². The van der Waals surface area contributed by atoms with E-state index in [0.29, 0.717) is 17.1 Å². The van der Waals surface area contributed by atoms with Crippen LogP contribution in [0.15, 0.2) is 12.2 Å². The number of unbranched alkanes of at least 4 members (excludes halogenated alkanes) is 2. The Labute approximate surface area is 218 Å². The summed E-state index contributed by atoms with van der Waals surface area (Å²) in [6, 6.07) is 0. The zero-order valence-corrected chi connectivity index (χ0v) is 24.0. The second-order valence-corrected chi connectivity index (χ2v) is 15.0. The van der Waals surface area contributed by atoms with Crippen LogP contribution in [0.1, 0.15) is 124 Å². The van der Waals surface area contributed by atoms with Gasteiger partial charge < -0.3 is 10.2 Å². The van der Waals surface area contributed by atoms with Crippen molar-refractivity contribution in [3.8, 4) is 0 Å². The van der Waals surface area contributed by atoms with E-state index in [1.54, 1.807) is 0 Å². The minimum Gasteiger partial charge on any atom is -0.481 e. The predicted octanol–water partition coefficient (Wildman–Crippen LogP) is 8.49. The zero-order chi connectivity index (χ0) is 25.0. The summed E-state index contributed by atoms with van der Waals surface area (Å²) in [5.41, 5.74) is -0.467. The lowest BCUT2D eigenvalue weighted by Crippen LogP contribution is -2.26. The summed E-state index contributed by atoms with van der Waals surface area (Å²) < 4.78 is 0. The van der Waals surface area contributed by atoms with Gasteiger partial charge in [0.25, 0.3) is 0 Å². The Kier molecular flexibility index (Phi) is 13.5. The molecule has 34 heavy (non-hydrogen) atoms. The molecule has 0 spiro atoms. The molecule has 2 saturated heterocycles. The van der Waals surface area contributed by atoms with E-state index in [-0.39, 0.29) is 5.41 Å². The fraction of sp³-hybridized carbons (Fsp3) is 0.897. The molecule has 2 heterocycles. The van der Waals surface area contributed by atoms with Crippen molar-refractivity contribution in [1.29, 1.82) is 0 Å². The summed E-state index contributed by atoms with van der Waals surface area (Å²) in [4.78, 5) is 11.5. The Bertz CT molecular complexity index is 620. The molecule has 5 unspecified atom stereocenters. The van der Waals surface area contributed by atoms with Gasteiger partial charge in [0.05, 0.1) is 5.41 Å². The lowest BCUT2D eigenvalue weighted by atomic mass is 9.82. The fourth-order valence-electron chi connectivity index (χ4n) is 5.19. The largest absolute Gasteiger partial charge is 0.481 e. The summed E-state index contributed by atoms with van der Waals surface area (Å²) >= 11 is 4.39. The van der Waals surface area contributed by atoms with Gasteiger partial charge in [-0.05, 0) is 70.1 Å². The Morgan fingerprint density at radius 1 is 0.853 bits per heavy atom. The van der Waals surface area contributed by atoms with Gasteiger partial charge >= 0.3 is 5.97 Å². The van der Waals surface area contributed by atoms with Gasteiger partial charge in [0.1, 0.15) is 0 Å². The van der Waals surface area contributed by atoms with Crippen molar-refractivity contribution in [2.45, 2.75) is 145 Å². The Balaban J connectivity index is 1.67. The number of aliphatic carboxylic acids is 1. The molecule has 2 N–H and O–H groups in total. The van der Waals surface area contributed by atoms with E-state index in [0.717, 1.165) is 42.6 Å². The van der Waals surface area contributed by atoms with Crippen molar-refractivity contribution < 1.29 is 15.0 Å². The molecule has 2 aliphatic rings. The molecular weight excluding hydrogens is 460 g/mol. The van der Waals surface area contributed by atoms with Crippen molar-refractivity contribution >= 4 is 29.5 Å². The van der Waals surface area contributed by atoms with Crippen LogP contribution in [0.2, 0.25) is 0 Å². The van der Waals surface area contributed by atoms with Crippen molar-refractivity contribution in [1.82, 2.24) is 0 Å². The maximum Gasteiger partial charge on any atom is 0.309 e. The highest BCUT2D eigenvalue weighted by molar-refractivity contribution is 8.01. The molecule has 0 amide bonds. The van der Waals surface area contributed by atoms with Gasteiger partial charge in [0.2, 0.25) is 0 Å². The van der Waals surface area contributed by atoms with Crippen LogP contribution in [0.5, 0.6) is 0 Å². The summed E-state index contributed by atoms with van der Waals surface area (Å²) in [7, 11) is 0. The van der Waals surface area contributed by atoms with Crippen molar-refractivity contribution in [2.24, 2.45) is 10.8 Å². The maximum atomic E-state index is 11.5. The predicted molar refractivity (Wildman–Crippen MR) is 151 cm³/mol. The zero-order valence-electron chi connectivity index (χ0n) is 22.4. The maximum absolute atomic E-state index is 11.5.